The van der Waals surface area contributed by atoms with Crippen LogP contribution in [0, 0.1) is 0 Å². The molecule has 0 saturated heterocycles. The fourth-order valence-corrected chi connectivity index (χ4v) is 6.85. The molecule has 5 aromatic rings. The third kappa shape index (κ3) is 5.55. The van der Waals surface area contributed by atoms with E-state index in [9.17, 15) is 14.4 Å². The van der Waals surface area contributed by atoms with Crippen molar-refractivity contribution < 1.29 is 18.7 Å². The smallest absolute Gasteiger partial charge is 0.343 e. The maximum absolute atomic E-state index is 14.4. The Morgan fingerprint density at radius 2 is 1.74 bits per heavy atom. The van der Waals surface area contributed by atoms with Crippen LogP contribution in [-0.2, 0) is 22.6 Å². The summed E-state index contributed by atoms with van der Waals surface area (Å²) in [6.07, 6.45) is 0.845. The Hall–Kier alpha value is -4.04. The minimum Gasteiger partial charge on any atom is -0.424 e. The van der Waals surface area contributed by atoms with Crippen LogP contribution in [0.5, 0.6) is 5.75 Å². The highest BCUT2D eigenvalue weighted by Gasteiger charge is 2.36. The quantitative estimate of drug-likeness (QED) is 0.138. The summed E-state index contributed by atoms with van der Waals surface area (Å²) in [5, 5.41) is 2.99. The molecule has 3 aromatic carbocycles. The van der Waals surface area contributed by atoms with Gasteiger partial charge < -0.3 is 9.15 Å². The summed E-state index contributed by atoms with van der Waals surface area (Å²) in [4.78, 5) is 43.9. The molecule has 0 radical (unpaired) electrons. The fourth-order valence-electron chi connectivity index (χ4n) is 5.72. The Morgan fingerprint density at radius 3 is 2.52 bits per heavy atom. The molecule has 0 saturated carbocycles. The first-order valence-corrected chi connectivity index (χ1v) is 15.0. The van der Waals surface area contributed by atoms with E-state index in [1.165, 1.54) is 17.4 Å². The average Bonchev–Trinajstić information content (AvgIpc) is 3.46. The second kappa shape index (κ2) is 12.1. The topological polar surface area (TPSA) is 76.8 Å². The predicted octanol–water partition coefficient (Wildman–Crippen LogP) is 7.32. The van der Waals surface area contributed by atoms with Crippen molar-refractivity contribution in [3.8, 4) is 5.75 Å². The molecule has 0 spiro atoms. The predicted molar refractivity (Wildman–Crippen MR) is 164 cm³/mol. The number of Topliss-reactive ketones (excluding diaryl/α,β-unsaturated/α-hetero) is 1. The molecule has 2 atom stereocenters. The molecule has 6 nitrogen and oxygen atoms in total. The number of carbonyl (C=O) groups is 2. The number of rotatable bonds is 8. The lowest BCUT2D eigenvalue weighted by molar-refractivity contribution is -0.141. The number of fused-ring (bicyclic) bond motifs is 2. The average molecular weight is 598 g/mol. The van der Waals surface area contributed by atoms with Crippen molar-refractivity contribution in [3.05, 3.63) is 133 Å². The van der Waals surface area contributed by atoms with Crippen LogP contribution in [-0.4, -0.2) is 23.2 Å². The van der Waals surface area contributed by atoms with E-state index < -0.39 is 23.6 Å². The number of nitrogens with zero attached hydrogens (tertiary/aromatic N) is 1. The molecule has 1 aliphatic rings. The zero-order valence-corrected chi connectivity index (χ0v) is 24.5. The lowest BCUT2D eigenvalue weighted by atomic mass is 9.87. The van der Waals surface area contributed by atoms with Crippen LogP contribution in [0.3, 0.4) is 0 Å². The zero-order valence-electron chi connectivity index (χ0n) is 22.9. The second-order valence-electron chi connectivity index (χ2n) is 10.4. The van der Waals surface area contributed by atoms with Gasteiger partial charge in [-0.25, -0.2) is 9.59 Å². The summed E-state index contributed by atoms with van der Waals surface area (Å²) in [5.41, 5.74) is 2.32. The van der Waals surface area contributed by atoms with Gasteiger partial charge in [0, 0.05) is 35.3 Å². The van der Waals surface area contributed by atoms with E-state index in [0.717, 1.165) is 12.0 Å². The van der Waals surface area contributed by atoms with Crippen LogP contribution in [0.25, 0.3) is 11.0 Å². The van der Waals surface area contributed by atoms with Gasteiger partial charge in [0.25, 0.3) is 0 Å². The van der Waals surface area contributed by atoms with E-state index in [1.54, 1.807) is 41.7 Å². The van der Waals surface area contributed by atoms with Gasteiger partial charge in [-0.15, -0.1) is 11.3 Å². The number of benzene rings is 3. The zero-order chi connectivity index (χ0) is 29.2. The van der Waals surface area contributed by atoms with Crippen molar-refractivity contribution in [1.82, 2.24) is 4.90 Å². The fraction of sp³-hybridized carbons (Fsp3) is 0.206. The Morgan fingerprint density at radius 1 is 1.00 bits per heavy atom. The van der Waals surface area contributed by atoms with E-state index in [4.69, 9.17) is 20.8 Å². The van der Waals surface area contributed by atoms with Crippen LogP contribution >= 0.6 is 22.9 Å². The molecule has 0 fully saturated rings. The van der Waals surface area contributed by atoms with Gasteiger partial charge in [-0.2, -0.15) is 0 Å². The van der Waals surface area contributed by atoms with Crippen molar-refractivity contribution >= 4 is 45.7 Å². The maximum atomic E-state index is 14.4. The second-order valence-corrected chi connectivity index (χ2v) is 11.8. The third-order valence-electron chi connectivity index (χ3n) is 7.67. The van der Waals surface area contributed by atoms with E-state index in [-0.39, 0.29) is 23.5 Å². The first-order chi connectivity index (χ1) is 20.4. The van der Waals surface area contributed by atoms with Gasteiger partial charge in [0.05, 0.1) is 10.9 Å². The van der Waals surface area contributed by atoms with Crippen LogP contribution in [0.1, 0.15) is 52.4 Å². The van der Waals surface area contributed by atoms with Gasteiger partial charge in [0.2, 0.25) is 0 Å². The lowest BCUT2D eigenvalue weighted by Gasteiger charge is -2.34. The molecule has 2 aromatic heterocycles. The third-order valence-corrected chi connectivity index (χ3v) is 9.04. The Bertz CT molecular complexity index is 1830. The number of hydrogen-bond donors (Lipinski definition) is 0. The SMILES string of the molecule is CC(=O)CC(c1ccccc1)c1c(OC(=O)[C@H](c2ccccc2Cl)N2CCc3sccc3C2)c2ccccc2oc1=O. The molecule has 8 heteroatoms. The summed E-state index contributed by atoms with van der Waals surface area (Å²) < 4.78 is 12.0. The highest BCUT2D eigenvalue weighted by molar-refractivity contribution is 7.10. The van der Waals surface area contributed by atoms with E-state index in [1.807, 2.05) is 48.5 Å². The van der Waals surface area contributed by atoms with Crippen molar-refractivity contribution in [3.63, 3.8) is 0 Å². The number of ketones is 1. The molecule has 6 rings (SSSR count). The summed E-state index contributed by atoms with van der Waals surface area (Å²) in [6.45, 7) is 2.68. The molecule has 0 N–H and O–H groups in total. The molecule has 0 amide bonds. The Balaban J connectivity index is 1.49. The number of para-hydroxylation sites is 1. The number of hydrogen-bond acceptors (Lipinski definition) is 7. The summed E-state index contributed by atoms with van der Waals surface area (Å²) in [6, 6.07) is 24.7. The molecule has 212 valence electrons. The van der Waals surface area contributed by atoms with Crippen LogP contribution in [0.4, 0.5) is 0 Å². The molecule has 42 heavy (non-hydrogen) atoms. The normalized spacial score (nSPS) is 14.7. The highest BCUT2D eigenvalue weighted by atomic mass is 35.5. The first-order valence-electron chi connectivity index (χ1n) is 13.8. The maximum Gasteiger partial charge on any atom is 0.343 e. The largest absolute Gasteiger partial charge is 0.424 e. The van der Waals surface area contributed by atoms with Crippen LogP contribution in [0.15, 0.2) is 99.5 Å². The molecular weight excluding hydrogens is 570 g/mol. The summed E-state index contributed by atoms with van der Waals surface area (Å²) in [7, 11) is 0. The van der Waals surface area contributed by atoms with Crippen molar-refractivity contribution in [2.24, 2.45) is 0 Å². The number of thiophene rings is 1. The highest BCUT2D eigenvalue weighted by Crippen LogP contribution is 2.40. The van der Waals surface area contributed by atoms with Crippen LogP contribution in [0.2, 0.25) is 5.02 Å². The monoisotopic (exact) mass is 597 g/mol. The van der Waals surface area contributed by atoms with Gasteiger partial charge in [-0.05, 0) is 59.7 Å². The Labute approximate surface area is 252 Å². The molecule has 1 unspecified atom stereocenters. The number of esters is 1. The van der Waals surface area contributed by atoms with Crippen molar-refractivity contribution in [1.29, 1.82) is 0 Å². The number of halogens is 1. The Kier molecular flexibility index (Phi) is 8.07. The van der Waals surface area contributed by atoms with Gasteiger partial charge >= 0.3 is 11.6 Å². The summed E-state index contributed by atoms with van der Waals surface area (Å²) >= 11 is 8.39. The summed E-state index contributed by atoms with van der Waals surface area (Å²) in [5.74, 6) is -1.24. The van der Waals surface area contributed by atoms with Crippen molar-refractivity contribution in [2.75, 3.05) is 6.54 Å². The van der Waals surface area contributed by atoms with Gasteiger partial charge in [-0.1, -0.05) is 72.3 Å². The standard InChI is InChI=1S/C34H28ClNO5S/c1-21(37)19-26(22-9-3-2-4-10-22)30-32(25-12-6-8-14-28(25)40-33(30)38)41-34(39)31(24-11-5-7-13-27(24)35)36-17-15-29-23(20-36)16-18-42-29/h2-14,16,18,26,31H,15,17,19-20H2,1H3/t26?,31-/m0/s1. The molecule has 0 bridgehead atoms. The first kappa shape index (κ1) is 28.1. The molecule has 1 aliphatic heterocycles. The van der Waals surface area contributed by atoms with E-state index in [2.05, 4.69) is 16.3 Å². The van der Waals surface area contributed by atoms with Gasteiger partial charge in [0.1, 0.15) is 17.4 Å². The molecule has 0 aliphatic carbocycles. The minimum atomic E-state index is -0.825. The van der Waals surface area contributed by atoms with E-state index in [0.29, 0.717) is 34.6 Å². The van der Waals surface area contributed by atoms with Crippen LogP contribution < -0.4 is 10.4 Å². The van der Waals surface area contributed by atoms with E-state index >= 15 is 0 Å². The minimum absolute atomic E-state index is 0.0403. The van der Waals surface area contributed by atoms with Crippen molar-refractivity contribution in [2.45, 2.75) is 38.3 Å². The molecule has 3 heterocycles. The van der Waals surface area contributed by atoms with Gasteiger partial charge in [0.15, 0.2) is 5.75 Å². The molecular formula is C34H28ClNO5S. The van der Waals surface area contributed by atoms with Gasteiger partial charge in [-0.3, -0.25) is 9.69 Å². The number of ether oxygens (including phenoxy) is 1. The lowest BCUT2D eigenvalue weighted by Crippen LogP contribution is -2.39. The number of carbonyl (C=O) groups excluding carboxylic acids is 2.